The van der Waals surface area contributed by atoms with Gasteiger partial charge in [-0.05, 0) is 6.07 Å². The van der Waals surface area contributed by atoms with Crippen molar-refractivity contribution < 1.29 is 28.9 Å². The summed E-state index contributed by atoms with van der Waals surface area (Å²) in [5.74, 6) is -1.36. The van der Waals surface area contributed by atoms with Crippen molar-refractivity contribution in [3.63, 3.8) is 0 Å². The Morgan fingerprint density at radius 3 is 2.97 bits per heavy atom. The van der Waals surface area contributed by atoms with Gasteiger partial charge in [0.15, 0.2) is 29.8 Å². The number of imidazole rings is 1. The van der Waals surface area contributed by atoms with Crippen molar-refractivity contribution >= 4 is 51.7 Å². The highest BCUT2D eigenvalue weighted by molar-refractivity contribution is 8.00. The molecule has 1 saturated heterocycles. The Balaban J connectivity index is 1.35. The molecule has 2 atom stereocenters. The molecule has 0 radical (unpaired) electrons. The number of carboxylic acid groups (broad SMARTS) is 1. The number of oxime groups is 1. The zero-order chi connectivity index (χ0) is 26.1. The maximum absolute atomic E-state index is 13.1. The number of carbonyl (C=O) groups excluding carboxylic acids is 2. The van der Waals surface area contributed by atoms with Crippen LogP contribution in [0.2, 0.25) is 0 Å². The summed E-state index contributed by atoms with van der Waals surface area (Å²) < 4.78 is 1.84. The standard InChI is InChI=1S/C22H20N8O5S2/c1-35-28-14(13-10-37-22(23)26-13)18(31)27-15-19(32)30-16(21(33)34)12(9-36-20(15)30)8-29-6-2-3-11(7-29)17-24-4-5-25-17/h2-7,10,15,20H,8-9H2,1H3,(H4-,23,24,25,26,27,31,33,34)/p+1/b28-14-/t15-,20-/m0/s1. The summed E-state index contributed by atoms with van der Waals surface area (Å²) in [6.45, 7) is 0.270. The van der Waals surface area contributed by atoms with Crippen LogP contribution in [0.25, 0.3) is 11.4 Å². The number of anilines is 1. The number of aromatic nitrogens is 4. The lowest BCUT2D eigenvalue weighted by molar-refractivity contribution is -0.688. The van der Waals surface area contributed by atoms with Crippen molar-refractivity contribution in [2.24, 2.45) is 5.16 Å². The first-order valence-electron chi connectivity index (χ1n) is 10.9. The van der Waals surface area contributed by atoms with Gasteiger partial charge in [-0.25, -0.2) is 19.3 Å². The van der Waals surface area contributed by atoms with E-state index >= 15 is 0 Å². The normalized spacial score (nSPS) is 19.3. The van der Waals surface area contributed by atoms with Gasteiger partial charge < -0.3 is 26.0 Å². The molecule has 0 saturated carbocycles. The van der Waals surface area contributed by atoms with Gasteiger partial charge in [0.2, 0.25) is 0 Å². The Labute approximate surface area is 218 Å². The molecule has 0 aromatic carbocycles. The van der Waals surface area contributed by atoms with Crippen LogP contribution in [0.3, 0.4) is 0 Å². The lowest BCUT2D eigenvalue weighted by atomic mass is 10.0. The maximum atomic E-state index is 13.1. The fraction of sp³-hybridized carbons (Fsp3) is 0.227. The van der Waals surface area contributed by atoms with E-state index in [9.17, 15) is 19.5 Å². The fourth-order valence-corrected chi connectivity index (χ4v) is 5.99. The van der Waals surface area contributed by atoms with Crippen LogP contribution in [-0.2, 0) is 25.8 Å². The highest BCUT2D eigenvalue weighted by Gasteiger charge is 2.54. The molecule has 5 rings (SSSR count). The quantitative estimate of drug-likeness (QED) is 0.134. The molecule has 13 nitrogen and oxygen atoms in total. The summed E-state index contributed by atoms with van der Waals surface area (Å²) in [7, 11) is 1.28. The number of carboxylic acids is 1. The predicted molar refractivity (Wildman–Crippen MR) is 134 cm³/mol. The molecule has 37 heavy (non-hydrogen) atoms. The number of nitrogens with one attached hydrogen (secondary N) is 2. The summed E-state index contributed by atoms with van der Waals surface area (Å²) in [6, 6.07) is 2.80. The zero-order valence-electron chi connectivity index (χ0n) is 19.3. The van der Waals surface area contributed by atoms with Gasteiger partial charge in [0.05, 0.1) is 5.56 Å². The number of thiazole rings is 1. The molecule has 2 aliphatic heterocycles. The molecule has 5 N–H and O–H groups in total. The zero-order valence-corrected chi connectivity index (χ0v) is 21.0. The summed E-state index contributed by atoms with van der Waals surface area (Å²) in [6.07, 6.45) is 7.04. The third kappa shape index (κ3) is 4.65. The van der Waals surface area contributed by atoms with Crippen LogP contribution in [0.15, 0.2) is 58.7 Å². The summed E-state index contributed by atoms with van der Waals surface area (Å²) in [5.41, 5.74) is 7.07. The van der Waals surface area contributed by atoms with Crippen molar-refractivity contribution in [2.45, 2.75) is 18.0 Å². The number of nitrogen functional groups attached to an aromatic ring is 1. The summed E-state index contributed by atoms with van der Waals surface area (Å²) in [5, 5.41) is 17.6. The van der Waals surface area contributed by atoms with Crippen LogP contribution in [0.4, 0.5) is 5.13 Å². The third-order valence-electron chi connectivity index (χ3n) is 5.70. The molecule has 190 valence electrons. The highest BCUT2D eigenvalue weighted by atomic mass is 32.2. The number of β-lactam (4-membered cyclic amide) rings is 1. The Morgan fingerprint density at radius 2 is 2.30 bits per heavy atom. The van der Waals surface area contributed by atoms with Crippen molar-refractivity contribution in [3.8, 4) is 11.4 Å². The smallest absolute Gasteiger partial charge is 0.352 e. The fourth-order valence-electron chi connectivity index (χ4n) is 4.11. The average Bonchev–Trinajstić information content (AvgIpc) is 3.57. The number of fused-ring (bicyclic) bond motifs is 1. The Morgan fingerprint density at radius 1 is 1.46 bits per heavy atom. The van der Waals surface area contributed by atoms with Gasteiger partial charge in [-0.2, -0.15) is 0 Å². The number of nitrogens with two attached hydrogens (primary N) is 1. The monoisotopic (exact) mass is 541 g/mol. The van der Waals surface area contributed by atoms with E-state index < -0.39 is 29.2 Å². The molecule has 5 heterocycles. The molecule has 0 spiro atoms. The molecular formula is C22H21N8O5S2+. The van der Waals surface area contributed by atoms with E-state index in [-0.39, 0.29) is 28.8 Å². The minimum Gasteiger partial charge on any atom is -0.477 e. The molecule has 2 aliphatic rings. The first kappa shape index (κ1) is 24.5. The molecule has 3 aromatic rings. The third-order valence-corrected chi connectivity index (χ3v) is 7.72. The first-order chi connectivity index (χ1) is 17.9. The van der Waals surface area contributed by atoms with Crippen LogP contribution in [0.1, 0.15) is 5.69 Å². The van der Waals surface area contributed by atoms with Gasteiger partial charge in [0.25, 0.3) is 11.8 Å². The average molecular weight is 542 g/mol. The van der Waals surface area contributed by atoms with Crippen molar-refractivity contribution in [3.05, 3.63) is 59.3 Å². The van der Waals surface area contributed by atoms with E-state index in [0.717, 1.165) is 16.9 Å². The number of aliphatic carboxylic acids is 1. The van der Waals surface area contributed by atoms with Gasteiger partial charge in [0, 0.05) is 35.2 Å². The number of pyridine rings is 1. The molecule has 1 fully saturated rings. The molecule has 3 aromatic heterocycles. The van der Waals surface area contributed by atoms with E-state index in [1.807, 2.05) is 29.1 Å². The van der Waals surface area contributed by atoms with Crippen molar-refractivity contribution in [1.82, 2.24) is 25.2 Å². The van der Waals surface area contributed by atoms with E-state index in [1.54, 1.807) is 17.8 Å². The van der Waals surface area contributed by atoms with Crippen LogP contribution < -0.4 is 15.6 Å². The SMILES string of the molecule is CO/N=C(\C(=O)N[C@H]1C(=O)N2C(C(=O)O)=C(C[n+]3cccc(-c4ncc[nH]4)c3)CS[C@@H]12)c1csc(N)n1. The number of hydrogen-bond donors (Lipinski definition) is 4. The number of rotatable bonds is 8. The Bertz CT molecular complexity index is 1430. The number of H-pyrrole nitrogens is 1. The lowest BCUT2D eigenvalue weighted by Crippen LogP contribution is -2.71. The minimum absolute atomic E-state index is 0.0757. The number of thioether (sulfide) groups is 1. The second-order valence-corrected chi connectivity index (χ2v) is 10.0. The Hall–Kier alpha value is -4.24. The van der Waals surface area contributed by atoms with Crippen LogP contribution in [-0.4, -0.2) is 72.7 Å². The van der Waals surface area contributed by atoms with Crippen LogP contribution in [0.5, 0.6) is 0 Å². The lowest BCUT2D eigenvalue weighted by Gasteiger charge is -2.49. The summed E-state index contributed by atoms with van der Waals surface area (Å²) in [4.78, 5) is 55.5. The topological polar surface area (TPSA) is 180 Å². The number of aromatic amines is 1. The van der Waals surface area contributed by atoms with Gasteiger partial charge in [-0.3, -0.25) is 14.5 Å². The van der Waals surface area contributed by atoms with Crippen LogP contribution >= 0.6 is 23.1 Å². The second kappa shape index (κ2) is 10.0. The molecular weight excluding hydrogens is 520 g/mol. The van der Waals surface area contributed by atoms with E-state index in [1.165, 1.54) is 23.8 Å². The van der Waals surface area contributed by atoms with Gasteiger partial charge in [0.1, 0.15) is 35.7 Å². The molecule has 2 amide bonds. The molecule has 0 aliphatic carbocycles. The van der Waals surface area contributed by atoms with Gasteiger partial charge in [-0.1, -0.05) is 5.16 Å². The minimum atomic E-state index is -1.21. The molecule has 15 heteroatoms. The van der Waals surface area contributed by atoms with Gasteiger partial charge in [-0.15, -0.1) is 23.1 Å². The number of carbonyl (C=O) groups is 3. The Kier molecular flexibility index (Phi) is 6.62. The largest absolute Gasteiger partial charge is 0.477 e. The highest BCUT2D eigenvalue weighted by Crippen LogP contribution is 2.40. The first-order valence-corrected chi connectivity index (χ1v) is 12.8. The number of nitrogens with zero attached hydrogens (tertiary/aromatic N) is 5. The molecule has 0 unspecified atom stereocenters. The predicted octanol–water partition coefficient (Wildman–Crippen LogP) is 0.192. The number of amides is 2. The van der Waals surface area contributed by atoms with Crippen LogP contribution in [0, 0.1) is 0 Å². The van der Waals surface area contributed by atoms with Crippen molar-refractivity contribution in [2.75, 3.05) is 18.6 Å². The van der Waals surface area contributed by atoms with E-state index in [4.69, 9.17) is 10.6 Å². The van der Waals surface area contributed by atoms with E-state index in [2.05, 4.69) is 25.4 Å². The number of hydrogen-bond acceptors (Lipinski definition) is 10. The second-order valence-electron chi connectivity index (χ2n) is 8.01. The van der Waals surface area contributed by atoms with E-state index in [0.29, 0.717) is 17.2 Å². The molecule has 0 bridgehead atoms. The maximum Gasteiger partial charge on any atom is 0.352 e. The summed E-state index contributed by atoms with van der Waals surface area (Å²) >= 11 is 2.51. The van der Waals surface area contributed by atoms with Gasteiger partial charge >= 0.3 is 5.97 Å². The van der Waals surface area contributed by atoms with Crippen molar-refractivity contribution in [1.29, 1.82) is 0 Å².